The molecule has 19 heavy (non-hydrogen) atoms. The largest absolute Gasteiger partial charge is 0.481 e. The van der Waals surface area contributed by atoms with E-state index in [0.717, 1.165) is 25.6 Å². The van der Waals surface area contributed by atoms with Gasteiger partial charge in [-0.05, 0) is 37.3 Å². The van der Waals surface area contributed by atoms with Crippen LogP contribution in [0, 0.1) is 5.92 Å². The number of ether oxygens (including phenoxy) is 1. The van der Waals surface area contributed by atoms with Gasteiger partial charge < -0.3 is 10.1 Å². The Hall–Kier alpha value is -1.13. The van der Waals surface area contributed by atoms with Gasteiger partial charge in [-0.3, -0.25) is 4.90 Å². The molecule has 1 aromatic heterocycles. The minimum Gasteiger partial charge on any atom is -0.481 e. The third-order valence-electron chi connectivity index (χ3n) is 4.32. The SMILES string of the molecule is COc1cc(CN2CC(C3CC3)NCC2C)ccn1. The summed E-state index contributed by atoms with van der Waals surface area (Å²) in [6.07, 6.45) is 4.64. The van der Waals surface area contributed by atoms with Crippen LogP contribution in [0.4, 0.5) is 0 Å². The molecular weight excluding hydrogens is 238 g/mol. The fourth-order valence-electron chi connectivity index (χ4n) is 2.88. The van der Waals surface area contributed by atoms with Crippen molar-refractivity contribution < 1.29 is 4.74 Å². The van der Waals surface area contributed by atoms with E-state index in [1.165, 1.54) is 18.4 Å². The van der Waals surface area contributed by atoms with E-state index < -0.39 is 0 Å². The highest BCUT2D eigenvalue weighted by molar-refractivity contribution is 5.20. The molecule has 1 saturated heterocycles. The summed E-state index contributed by atoms with van der Waals surface area (Å²) in [7, 11) is 1.67. The highest BCUT2D eigenvalue weighted by Gasteiger charge is 2.35. The lowest BCUT2D eigenvalue weighted by Crippen LogP contribution is -2.55. The van der Waals surface area contributed by atoms with Crippen molar-refractivity contribution in [1.82, 2.24) is 15.2 Å². The van der Waals surface area contributed by atoms with Crippen molar-refractivity contribution in [3.63, 3.8) is 0 Å². The number of rotatable bonds is 4. The topological polar surface area (TPSA) is 37.4 Å². The summed E-state index contributed by atoms with van der Waals surface area (Å²) in [4.78, 5) is 6.75. The number of piperazine rings is 1. The number of methoxy groups -OCH3 is 1. The molecule has 2 heterocycles. The zero-order chi connectivity index (χ0) is 13.2. The highest BCUT2D eigenvalue weighted by Crippen LogP contribution is 2.34. The van der Waals surface area contributed by atoms with Gasteiger partial charge in [-0.25, -0.2) is 4.98 Å². The van der Waals surface area contributed by atoms with Gasteiger partial charge >= 0.3 is 0 Å². The molecule has 2 fully saturated rings. The van der Waals surface area contributed by atoms with E-state index in [0.29, 0.717) is 18.0 Å². The Morgan fingerprint density at radius 3 is 3.05 bits per heavy atom. The van der Waals surface area contributed by atoms with E-state index in [2.05, 4.69) is 28.2 Å². The molecule has 2 aliphatic rings. The average Bonchev–Trinajstić information content (AvgIpc) is 3.26. The molecule has 0 amide bonds. The fourth-order valence-corrected chi connectivity index (χ4v) is 2.88. The van der Waals surface area contributed by atoms with E-state index in [4.69, 9.17) is 4.74 Å². The normalized spacial score (nSPS) is 28.3. The van der Waals surface area contributed by atoms with E-state index in [-0.39, 0.29) is 0 Å². The van der Waals surface area contributed by atoms with Crippen molar-refractivity contribution >= 4 is 0 Å². The predicted octanol–water partition coefficient (Wildman–Crippen LogP) is 1.66. The van der Waals surface area contributed by atoms with E-state index in [1.54, 1.807) is 7.11 Å². The lowest BCUT2D eigenvalue weighted by atomic mass is 10.1. The van der Waals surface area contributed by atoms with Crippen molar-refractivity contribution in [1.29, 1.82) is 0 Å². The van der Waals surface area contributed by atoms with Crippen LogP contribution in [-0.2, 0) is 6.54 Å². The van der Waals surface area contributed by atoms with Crippen molar-refractivity contribution in [2.45, 2.75) is 38.4 Å². The van der Waals surface area contributed by atoms with Crippen LogP contribution >= 0.6 is 0 Å². The molecule has 1 N–H and O–H groups in total. The Labute approximate surface area is 115 Å². The maximum atomic E-state index is 5.20. The van der Waals surface area contributed by atoms with Crippen LogP contribution in [0.5, 0.6) is 5.88 Å². The molecular formula is C15H23N3O. The average molecular weight is 261 g/mol. The maximum Gasteiger partial charge on any atom is 0.213 e. The number of hydrogen-bond donors (Lipinski definition) is 1. The molecule has 2 atom stereocenters. The monoisotopic (exact) mass is 261 g/mol. The molecule has 0 aromatic carbocycles. The first-order valence-corrected chi connectivity index (χ1v) is 7.22. The van der Waals surface area contributed by atoms with Crippen molar-refractivity contribution in [3.8, 4) is 5.88 Å². The predicted molar refractivity (Wildman–Crippen MR) is 75.2 cm³/mol. The summed E-state index contributed by atoms with van der Waals surface area (Å²) in [5, 5.41) is 3.69. The minimum absolute atomic E-state index is 0.592. The zero-order valence-electron chi connectivity index (χ0n) is 11.8. The van der Waals surface area contributed by atoms with Gasteiger partial charge in [-0.15, -0.1) is 0 Å². The second-order valence-corrected chi connectivity index (χ2v) is 5.84. The summed E-state index contributed by atoms with van der Waals surface area (Å²) in [6, 6.07) is 5.42. The quantitative estimate of drug-likeness (QED) is 0.894. The Balaban J connectivity index is 1.65. The highest BCUT2D eigenvalue weighted by atomic mass is 16.5. The summed E-state index contributed by atoms with van der Waals surface area (Å²) in [5.74, 6) is 1.63. The molecule has 2 unspecified atom stereocenters. The van der Waals surface area contributed by atoms with Gasteiger partial charge in [-0.2, -0.15) is 0 Å². The Morgan fingerprint density at radius 1 is 1.47 bits per heavy atom. The lowest BCUT2D eigenvalue weighted by Gasteiger charge is -2.39. The molecule has 1 saturated carbocycles. The first-order valence-electron chi connectivity index (χ1n) is 7.22. The maximum absolute atomic E-state index is 5.20. The molecule has 4 heteroatoms. The van der Waals surface area contributed by atoms with Crippen LogP contribution < -0.4 is 10.1 Å². The lowest BCUT2D eigenvalue weighted by molar-refractivity contribution is 0.125. The van der Waals surface area contributed by atoms with Gasteiger partial charge in [0.25, 0.3) is 0 Å². The van der Waals surface area contributed by atoms with Gasteiger partial charge in [0.1, 0.15) is 0 Å². The van der Waals surface area contributed by atoms with Crippen LogP contribution in [0.15, 0.2) is 18.3 Å². The number of nitrogens with one attached hydrogen (secondary N) is 1. The second kappa shape index (κ2) is 5.47. The number of pyridine rings is 1. The van der Waals surface area contributed by atoms with Crippen molar-refractivity contribution in [2.75, 3.05) is 20.2 Å². The molecule has 1 aliphatic carbocycles. The zero-order valence-corrected chi connectivity index (χ0v) is 11.8. The molecule has 0 bridgehead atoms. The van der Waals surface area contributed by atoms with E-state index >= 15 is 0 Å². The number of aromatic nitrogens is 1. The van der Waals surface area contributed by atoms with Gasteiger partial charge in [0.2, 0.25) is 5.88 Å². The van der Waals surface area contributed by atoms with Crippen molar-refractivity contribution in [2.24, 2.45) is 5.92 Å². The molecule has 1 aliphatic heterocycles. The van der Waals surface area contributed by atoms with Gasteiger partial charge in [-0.1, -0.05) is 0 Å². The van der Waals surface area contributed by atoms with Gasteiger partial charge in [0.05, 0.1) is 7.11 Å². The van der Waals surface area contributed by atoms with Gasteiger partial charge in [0.15, 0.2) is 0 Å². The molecule has 4 nitrogen and oxygen atoms in total. The van der Waals surface area contributed by atoms with E-state index in [9.17, 15) is 0 Å². The van der Waals surface area contributed by atoms with Crippen LogP contribution in [0.1, 0.15) is 25.3 Å². The fraction of sp³-hybridized carbons (Fsp3) is 0.667. The molecule has 0 radical (unpaired) electrons. The first kappa shape index (κ1) is 12.9. The Bertz CT molecular complexity index is 433. The number of hydrogen-bond acceptors (Lipinski definition) is 4. The van der Waals surface area contributed by atoms with Crippen LogP contribution in [-0.4, -0.2) is 42.2 Å². The van der Waals surface area contributed by atoms with Crippen LogP contribution in [0.2, 0.25) is 0 Å². The summed E-state index contributed by atoms with van der Waals surface area (Å²) >= 11 is 0. The smallest absolute Gasteiger partial charge is 0.213 e. The molecule has 1 aromatic rings. The van der Waals surface area contributed by atoms with Crippen LogP contribution in [0.25, 0.3) is 0 Å². The summed E-state index contributed by atoms with van der Waals surface area (Å²) in [5.41, 5.74) is 1.29. The Morgan fingerprint density at radius 2 is 2.32 bits per heavy atom. The third kappa shape index (κ3) is 3.07. The molecule has 0 spiro atoms. The molecule has 104 valence electrons. The second-order valence-electron chi connectivity index (χ2n) is 5.84. The first-order chi connectivity index (χ1) is 9.26. The molecule has 3 rings (SSSR count). The Kier molecular flexibility index (Phi) is 3.71. The van der Waals surface area contributed by atoms with Crippen LogP contribution in [0.3, 0.4) is 0 Å². The van der Waals surface area contributed by atoms with Crippen molar-refractivity contribution in [3.05, 3.63) is 23.9 Å². The summed E-state index contributed by atoms with van der Waals surface area (Å²) in [6.45, 7) is 5.55. The van der Waals surface area contributed by atoms with Gasteiger partial charge in [0, 0.05) is 44.0 Å². The summed E-state index contributed by atoms with van der Waals surface area (Å²) < 4.78 is 5.20. The minimum atomic E-state index is 0.592. The third-order valence-corrected chi connectivity index (χ3v) is 4.32. The number of nitrogens with zero attached hydrogens (tertiary/aromatic N) is 2. The standard InChI is InChI=1S/C15H23N3O/c1-11-8-17-14(13-3-4-13)10-18(11)9-12-5-6-16-15(7-12)19-2/h5-7,11,13-14,17H,3-4,8-10H2,1-2H3. The van der Waals surface area contributed by atoms with E-state index in [1.807, 2.05) is 12.3 Å².